The predicted molar refractivity (Wildman–Crippen MR) is 109 cm³/mol. The van der Waals surface area contributed by atoms with E-state index in [0.29, 0.717) is 6.04 Å². The van der Waals surface area contributed by atoms with Crippen LogP contribution < -0.4 is 15.5 Å². The zero-order chi connectivity index (χ0) is 18.4. The van der Waals surface area contributed by atoms with E-state index in [1.807, 2.05) is 37.6 Å². The van der Waals surface area contributed by atoms with Crippen LogP contribution in [0.5, 0.6) is 0 Å². The maximum absolute atomic E-state index is 6.11. The molecule has 1 aromatic heterocycles. The normalized spacial score (nSPS) is 17.4. The van der Waals surface area contributed by atoms with E-state index in [2.05, 4.69) is 44.6 Å². The summed E-state index contributed by atoms with van der Waals surface area (Å²) in [6, 6.07) is 10.5. The first kappa shape index (κ1) is 18.5. The van der Waals surface area contributed by atoms with Crippen molar-refractivity contribution in [3.63, 3.8) is 0 Å². The molecule has 2 aromatic rings. The van der Waals surface area contributed by atoms with Crippen LogP contribution >= 0.6 is 11.6 Å². The van der Waals surface area contributed by atoms with Crippen molar-refractivity contribution in [2.24, 2.45) is 4.99 Å². The van der Waals surface area contributed by atoms with Gasteiger partial charge >= 0.3 is 0 Å². The van der Waals surface area contributed by atoms with Crippen LogP contribution in [0.2, 0.25) is 5.02 Å². The lowest BCUT2D eigenvalue weighted by molar-refractivity contribution is 0.648. The summed E-state index contributed by atoms with van der Waals surface area (Å²) < 4.78 is 0. The van der Waals surface area contributed by atoms with Gasteiger partial charge in [0.05, 0.1) is 0 Å². The van der Waals surface area contributed by atoms with Crippen LogP contribution in [0.3, 0.4) is 0 Å². The van der Waals surface area contributed by atoms with Gasteiger partial charge in [0.1, 0.15) is 0 Å². The Balaban J connectivity index is 1.47. The SMILES string of the molecule is CN=C(NCCc1ccncc1C)NC1CCN(c2cccc(Cl)c2)C1. The maximum Gasteiger partial charge on any atom is 0.191 e. The number of aryl methyl sites for hydroxylation is 1. The van der Waals surface area contributed by atoms with Gasteiger partial charge < -0.3 is 15.5 Å². The molecule has 138 valence electrons. The quantitative estimate of drug-likeness (QED) is 0.626. The topological polar surface area (TPSA) is 52.6 Å². The van der Waals surface area contributed by atoms with E-state index in [-0.39, 0.29) is 0 Å². The molecule has 6 heteroatoms. The molecule has 0 aliphatic carbocycles. The number of rotatable bonds is 5. The van der Waals surface area contributed by atoms with Crippen LogP contribution in [-0.2, 0) is 6.42 Å². The number of pyridine rings is 1. The van der Waals surface area contributed by atoms with Crippen LogP contribution in [0.1, 0.15) is 17.5 Å². The lowest BCUT2D eigenvalue weighted by Gasteiger charge is -2.20. The molecule has 1 aliphatic rings. The van der Waals surface area contributed by atoms with Gasteiger partial charge in [-0.05, 0) is 55.2 Å². The summed E-state index contributed by atoms with van der Waals surface area (Å²) in [6.07, 6.45) is 5.79. The van der Waals surface area contributed by atoms with E-state index >= 15 is 0 Å². The Labute approximate surface area is 160 Å². The van der Waals surface area contributed by atoms with E-state index in [4.69, 9.17) is 11.6 Å². The number of hydrogen-bond donors (Lipinski definition) is 2. The van der Waals surface area contributed by atoms with Crippen LogP contribution in [0.25, 0.3) is 0 Å². The monoisotopic (exact) mass is 371 g/mol. The summed E-state index contributed by atoms with van der Waals surface area (Å²) in [6.45, 7) is 4.91. The molecule has 0 bridgehead atoms. The highest BCUT2D eigenvalue weighted by molar-refractivity contribution is 6.30. The molecule has 1 unspecified atom stereocenters. The van der Waals surface area contributed by atoms with Crippen LogP contribution in [0.15, 0.2) is 47.7 Å². The number of guanidine groups is 1. The molecule has 3 rings (SSSR count). The third-order valence-corrected chi connectivity index (χ3v) is 4.98. The first-order valence-electron chi connectivity index (χ1n) is 9.03. The molecule has 5 nitrogen and oxygen atoms in total. The van der Waals surface area contributed by atoms with Gasteiger partial charge in [-0.1, -0.05) is 17.7 Å². The van der Waals surface area contributed by atoms with E-state index in [0.717, 1.165) is 43.5 Å². The molecule has 1 saturated heterocycles. The molecule has 0 saturated carbocycles. The fraction of sp³-hybridized carbons (Fsp3) is 0.400. The van der Waals surface area contributed by atoms with Crippen molar-refractivity contribution in [1.29, 1.82) is 0 Å². The Hall–Kier alpha value is -2.27. The van der Waals surface area contributed by atoms with Gasteiger partial charge in [-0.2, -0.15) is 0 Å². The van der Waals surface area contributed by atoms with Gasteiger partial charge in [0.25, 0.3) is 0 Å². The van der Waals surface area contributed by atoms with Crippen LogP contribution in [0.4, 0.5) is 5.69 Å². The molecule has 2 N–H and O–H groups in total. The summed E-state index contributed by atoms with van der Waals surface area (Å²) in [5.41, 5.74) is 3.72. The third-order valence-electron chi connectivity index (χ3n) is 4.75. The van der Waals surface area contributed by atoms with Gasteiger partial charge in [0.15, 0.2) is 5.96 Å². The second-order valence-electron chi connectivity index (χ2n) is 6.61. The highest BCUT2D eigenvalue weighted by Gasteiger charge is 2.23. The Morgan fingerprint density at radius 2 is 2.27 bits per heavy atom. The summed E-state index contributed by atoms with van der Waals surface area (Å²) in [5, 5.41) is 7.73. The Bertz CT molecular complexity index is 761. The second-order valence-corrected chi connectivity index (χ2v) is 7.04. The molecule has 0 spiro atoms. The maximum atomic E-state index is 6.11. The van der Waals surface area contributed by atoms with Gasteiger partial charge in [0.2, 0.25) is 0 Å². The largest absolute Gasteiger partial charge is 0.369 e. The molecule has 1 aliphatic heterocycles. The molecule has 1 fully saturated rings. The van der Waals surface area contributed by atoms with Crippen molar-refractivity contribution in [1.82, 2.24) is 15.6 Å². The van der Waals surface area contributed by atoms with E-state index < -0.39 is 0 Å². The molecular formula is C20H26ClN5. The van der Waals surface area contributed by atoms with Crippen LogP contribution in [-0.4, -0.2) is 43.7 Å². The van der Waals surface area contributed by atoms with Crippen molar-refractivity contribution in [2.45, 2.75) is 25.8 Å². The number of nitrogens with one attached hydrogen (secondary N) is 2. The standard InChI is InChI=1S/C20H26ClN5/c1-15-13-23-9-6-16(15)7-10-24-20(22-2)25-18-8-11-26(14-18)19-5-3-4-17(21)12-19/h3-6,9,12-13,18H,7-8,10-11,14H2,1-2H3,(H2,22,24,25). The first-order valence-corrected chi connectivity index (χ1v) is 9.40. The average molecular weight is 372 g/mol. The average Bonchev–Trinajstić information content (AvgIpc) is 3.11. The van der Waals surface area contributed by atoms with Crippen molar-refractivity contribution < 1.29 is 0 Å². The molecule has 0 amide bonds. The minimum Gasteiger partial charge on any atom is -0.369 e. The highest BCUT2D eigenvalue weighted by atomic mass is 35.5. The minimum absolute atomic E-state index is 0.378. The number of halogens is 1. The number of hydrogen-bond acceptors (Lipinski definition) is 3. The number of aromatic nitrogens is 1. The Morgan fingerprint density at radius 1 is 1.38 bits per heavy atom. The van der Waals surface area contributed by atoms with Gasteiger partial charge in [-0.3, -0.25) is 9.98 Å². The summed E-state index contributed by atoms with van der Waals surface area (Å²) in [7, 11) is 1.82. The number of benzene rings is 1. The molecule has 0 radical (unpaired) electrons. The number of anilines is 1. The Kier molecular flexibility index (Phi) is 6.34. The van der Waals surface area contributed by atoms with E-state index in [1.54, 1.807) is 0 Å². The zero-order valence-corrected chi connectivity index (χ0v) is 16.1. The van der Waals surface area contributed by atoms with Gasteiger partial charge in [0, 0.05) is 55.8 Å². The minimum atomic E-state index is 0.378. The van der Waals surface area contributed by atoms with Gasteiger partial charge in [-0.15, -0.1) is 0 Å². The first-order chi connectivity index (χ1) is 12.7. The lowest BCUT2D eigenvalue weighted by atomic mass is 10.1. The fourth-order valence-corrected chi connectivity index (χ4v) is 3.46. The third kappa shape index (κ3) is 4.88. The van der Waals surface area contributed by atoms with Crippen molar-refractivity contribution in [3.05, 3.63) is 58.9 Å². The smallest absolute Gasteiger partial charge is 0.191 e. The molecule has 2 heterocycles. The zero-order valence-electron chi connectivity index (χ0n) is 15.4. The second kappa shape index (κ2) is 8.90. The molecule has 1 atom stereocenters. The van der Waals surface area contributed by atoms with E-state index in [9.17, 15) is 0 Å². The van der Waals surface area contributed by atoms with Crippen LogP contribution in [0, 0.1) is 6.92 Å². The highest BCUT2D eigenvalue weighted by Crippen LogP contribution is 2.23. The summed E-state index contributed by atoms with van der Waals surface area (Å²) in [4.78, 5) is 10.9. The molecular weight excluding hydrogens is 346 g/mol. The van der Waals surface area contributed by atoms with E-state index in [1.165, 1.54) is 16.8 Å². The summed E-state index contributed by atoms with van der Waals surface area (Å²) in [5.74, 6) is 0.856. The van der Waals surface area contributed by atoms with Gasteiger partial charge in [-0.25, -0.2) is 0 Å². The Morgan fingerprint density at radius 3 is 3.04 bits per heavy atom. The molecule has 1 aromatic carbocycles. The van der Waals surface area contributed by atoms with Crippen molar-refractivity contribution in [2.75, 3.05) is 31.6 Å². The predicted octanol–water partition coefficient (Wildman–Crippen LogP) is 3.03. The van der Waals surface area contributed by atoms with Crippen molar-refractivity contribution in [3.8, 4) is 0 Å². The fourth-order valence-electron chi connectivity index (χ4n) is 3.27. The summed E-state index contributed by atoms with van der Waals surface area (Å²) >= 11 is 6.11. The number of nitrogens with zero attached hydrogens (tertiary/aromatic N) is 3. The molecule has 26 heavy (non-hydrogen) atoms. The van der Waals surface area contributed by atoms with Crippen molar-refractivity contribution >= 4 is 23.2 Å². The lowest BCUT2D eigenvalue weighted by Crippen LogP contribution is -2.45. The number of aliphatic imine (C=N–C) groups is 1.